The van der Waals surface area contributed by atoms with E-state index in [0.29, 0.717) is 17.2 Å². The van der Waals surface area contributed by atoms with Gasteiger partial charge >= 0.3 is 0 Å². The van der Waals surface area contributed by atoms with Gasteiger partial charge in [-0.3, -0.25) is 4.79 Å². The van der Waals surface area contributed by atoms with Crippen LogP contribution in [0.3, 0.4) is 0 Å². The number of rotatable bonds is 1. The molecule has 1 saturated heterocycles. The first-order valence-corrected chi connectivity index (χ1v) is 7.49. The maximum atomic E-state index is 12.6. The van der Waals surface area contributed by atoms with Crippen molar-refractivity contribution in [3.63, 3.8) is 0 Å². The molecular formula is C15H27ClN2O. The number of hydrogen-bond acceptors (Lipinski definition) is 2. The van der Waals surface area contributed by atoms with Crippen LogP contribution in [0.15, 0.2) is 0 Å². The summed E-state index contributed by atoms with van der Waals surface area (Å²) in [6.45, 7) is 6.10. The summed E-state index contributed by atoms with van der Waals surface area (Å²) in [4.78, 5) is 14.7. The second-order valence-electron chi connectivity index (χ2n) is 7.47. The van der Waals surface area contributed by atoms with E-state index in [0.717, 1.165) is 25.9 Å². The van der Waals surface area contributed by atoms with E-state index < -0.39 is 0 Å². The van der Waals surface area contributed by atoms with Crippen LogP contribution >= 0.6 is 12.4 Å². The summed E-state index contributed by atoms with van der Waals surface area (Å²) in [6, 6.07) is 0.237. The van der Waals surface area contributed by atoms with Gasteiger partial charge in [-0.05, 0) is 36.5 Å². The first kappa shape index (κ1) is 15.1. The highest BCUT2D eigenvalue weighted by Gasteiger charge is 2.59. The summed E-state index contributed by atoms with van der Waals surface area (Å²) in [5.41, 5.74) is 6.65. The van der Waals surface area contributed by atoms with Crippen LogP contribution < -0.4 is 5.73 Å². The van der Waals surface area contributed by atoms with Crippen LogP contribution in [0.1, 0.15) is 52.4 Å². The highest BCUT2D eigenvalue weighted by molar-refractivity contribution is 5.85. The van der Waals surface area contributed by atoms with Gasteiger partial charge in [0.2, 0.25) is 5.91 Å². The molecule has 110 valence electrons. The van der Waals surface area contributed by atoms with Crippen molar-refractivity contribution in [2.75, 3.05) is 13.1 Å². The van der Waals surface area contributed by atoms with Gasteiger partial charge in [0, 0.05) is 25.0 Å². The summed E-state index contributed by atoms with van der Waals surface area (Å²) < 4.78 is 0. The zero-order valence-electron chi connectivity index (χ0n) is 12.2. The average molecular weight is 287 g/mol. The Morgan fingerprint density at radius 1 is 1.26 bits per heavy atom. The van der Waals surface area contributed by atoms with E-state index in [1.807, 2.05) is 0 Å². The summed E-state index contributed by atoms with van der Waals surface area (Å²) in [5.74, 6) is 0.780. The Morgan fingerprint density at radius 3 is 2.47 bits per heavy atom. The molecule has 3 aliphatic rings. The van der Waals surface area contributed by atoms with Crippen LogP contribution in [0.2, 0.25) is 0 Å². The Balaban J connectivity index is 0.00000133. The lowest BCUT2D eigenvalue weighted by atomic mass is 9.79. The molecule has 0 bridgehead atoms. The van der Waals surface area contributed by atoms with Crippen LogP contribution in [0.4, 0.5) is 0 Å². The topological polar surface area (TPSA) is 46.3 Å². The zero-order valence-corrected chi connectivity index (χ0v) is 13.0. The molecule has 1 spiro atoms. The predicted octanol–water partition coefficient (Wildman–Crippen LogP) is 2.57. The molecule has 0 radical (unpaired) electrons. The van der Waals surface area contributed by atoms with E-state index in [4.69, 9.17) is 5.73 Å². The van der Waals surface area contributed by atoms with Gasteiger partial charge in [0.15, 0.2) is 0 Å². The van der Waals surface area contributed by atoms with E-state index in [1.54, 1.807) is 0 Å². The number of carbonyl (C=O) groups excluding carboxylic acids is 1. The van der Waals surface area contributed by atoms with E-state index in [2.05, 4.69) is 18.7 Å². The molecule has 2 atom stereocenters. The Kier molecular flexibility index (Phi) is 3.92. The number of likely N-dealkylation sites (tertiary alicyclic amines) is 1. The molecule has 1 heterocycles. The van der Waals surface area contributed by atoms with Crippen LogP contribution in [0.5, 0.6) is 0 Å². The highest BCUT2D eigenvalue weighted by Crippen LogP contribution is 2.63. The number of carbonyl (C=O) groups is 1. The number of nitrogens with zero attached hydrogens (tertiary/aromatic N) is 1. The minimum atomic E-state index is 0. The van der Waals surface area contributed by atoms with Crippen molar-refractivity contribution in [3.8, 4) is 0 Å². The van der Waals surface area contributed by atoms with Crippen molar-refractivity contribution < 1.29 is 4.79 Å². The van der Waals surface area contributed by atoms with Crippen molar-refractivity contribution in [1.29, 1.82) is 0 Å². The number of halogens is 1. The standard InChI is InChI=1S/C15H26N2O.ClH/c1-14(2)10-17(8-5-12(14)16)13(18)11-9-15(11)6-3-4-7-15;/h11-12H,3-10,16H2,1-2H3;1H. The van der Waals surface area contributed by atoms with E-state index in [-0.39, 0.29) is 23.9 Å². The zero-order chi connectivity index (χ0) is 13.0. The van der Waals surface area contributed by atoms with Gasteiger partial charge in [0.1, 0.15) is 0 Å². The molecule has 2 N–H and O–H groups in total. The van der Waals surface area contributed by atoms with Gasteiger partial charge in [-0.1, -0.05) is 26.7 Å². The van der Waals surface area contributed by atoms with Gasteiger partial charge < -0.3 is 10.6 Å². The van der Waals surface area contributed by atoms with Crippen molar-refractivity contribution in [3.05, 3.63) is 0 Å². The molecule has 2 aliphatic carbocycles. The fourth-order valence-electron chi connectivity index (χ4n) is 4.11. The van der Waals surface area contributed by atoms with Gasteiger partial charge in [0.05, 0.1) is 0 Å². The van der Waals surface area contributed by atoms with Crippen molar-refractivity contribution in [1.82, 2.24) is 4.90 Å². The van der Waals surface area contributed by atoms with Gasteiger partial charge in [0.25, 0.3) is 0 Å². The maximum absolute atomic E-state index is 12.6. The highest BCUT2D eigenvalue weighted by atomic mass is 35.5. The molecule has 3 nitrogen and oxygen atoms in total. The molecule has 1 aliphatic heterocycles. The fourth-order valence-corrected chi connectivity index (χ4v) is 4.11. The molecule has 19 heavy (non-hydrogen) atoms. The SMILES string of the molecule is CC1(C)CN(C(=O)C2CC23CCCC3)CCC1N.Cl. The molecular weight excluding hydrogens is 260 g/mol. The summed E-state index contributed by atoms with van der Waals surface area (Å²) >= 11 is 0. The average Bonchev–Trinajstić information content (AvgIpc) is 2.79. The second kappa shape index (κ2) is 4.92. The third-order valence-electron chi connectivity index (χ3n) is 5.71. The van der Waals surface area contributed by atoms with Gasteiger partial charge in [-0.2, -0.15) is 0 Å². The Labute approximate surface area is 122 Å². The Bertz CT molecular complexity index is 363. The molecule has 0 aromatic heterocycles. The summed E-state index contributed by atoms with van der Waals surface area (Å²) in [6.07, 6.45) is 7.37. The maximum Gasteiger partial charge on any atom is 0.226 e. The van der Waals surface area contributed by atoms with Crippen LogP contribution in [-0.4, -0.2) is 29.9 Å². The Hall–Kier alpha value is -0.280. The number of nitrogens with two attached hydrogens (primary N) is 1. The normalized spacial score (nSPS) is 35.0. The minimum Gasteiger partial charge on any atom is -0.342 e. The number of piperidine rings is 1. The van der Waals surface area contributed by atoms with Crippen LogP contribution in [-0.2, 0) is 4.79 Å². The largest absolute Gasteiger partial charge is 0.342 e. The number of amides is 1. The summed E-state index contributed by atoms with van der Waals surface area (Å²) in [5, 5.41) is 0. The third-order valence-corrected chi connectivity index (χ3v) is 5.71. The monoisotopic (exact) mass is 286 g/mol. The fraction of sp³-hybridized carbons (Fsp3) is 0.933. The van der Waals surface area contributed by atoms with Crippen molar-refractivity contribution in [2.45, 2.75) is 58.4 Å². The van der Waals surface area contributed by atoms with E-state index >= 15 is 0 Å². The predicted molar refractivity (Wildman–Crippen MR) is 79.2 cm³/mol. The second-order valence-corrected chi connectivity index (χ2v) is 7.47. The minimum absolute atomic E-state index is 0. The van der Waals surface area contributed by atoms with Gasteiger partial charge in [-0.25, -0.2) is 0 Å². The smallest absolute Gasteiger partial charge is 0.226 e. The molecule has 2 unspecified atom stereocenters. The molecule has 2 saturated carbocycles. The van der Waals surface area contributed by atoms with Crippen LogP contribution in [0, 0.1) is 16.7 Å². The van der Waals surface area contributed by atoms with Gasteiger partial charge in [-0.15, -0.1) is 12.4 Å². The molecule has 0 aromatic carbocycles. The molecule has 3 fully saturated rings. The van der Waals surface area contributed by atoms with Crippen LogP contribution in [0.25, 0.3) is 0 Å². The third kappa shape index (κ3) is 2.52. The molecule has 3 rings (SSSR count). The van der Waals surface area contributed by atoms with Crippen molar-refractivity contribution >= 4 is 18.3 Å². The number of hydrogen-bond donors (Lipinski definition) is 1. The first-order valence-electron chi connectivity index (χ1n) is 7.49. The van der Waals surface area contributed by atoms with E-state index in [9.17, 15) is 4.79 Å². The molecule has 1 amide bonds. The molecule has 4 heteroatoms. The molecule has 0 aromatic rings. The lowest BCUT2D eigenvalue weighted by molar-refractivity contribution is -0.136. The quantitative estimate of drug-likeness (QED) is 0.805. The summed E-state index contributed by atoms with van der Waals surface area (Å²) in [7, 11) is 0. The van der Waals surface area contributed by atoms with Crippen molar-refractivity contribution in [2.24, 2.45) is 22.5 Å². The first-order chi connectivity index (χ1) is 8.45. The van der Waals surface area contributed by atoms with E-state index in [1.165, 1.54) is 25.7 Å². The lowest BCUT2D eigenvalue weighted by Crippen LogP contribution is -2.54. The lowest BCUT2D eigenvalue weighted by Gasteiger charge is -2.43. The Morgan fingerprint density at radius 2 is 1.89 bits per heavy atom.